The van der Waals surface area contributed by atoms with E-state index in [1.54, 1.807) is 19.9 Å². The minimum atomic E-state index is -3.84. The van der Waals surface area contributed by atoms with E-state index in [-0.39, 0.29) is 10.8 Å². The van der Waals surface area contributed by atoms with Crippen LogP contribution < -0.4 is 16.2 Å². The van der Waals surface area contributed by atoms with Gasteiger partial charge in [-0.2, -0.15) is 0 Å². The van der Waals surface area contributed by atoms with E-state index in [9.17, 15) is 13.2 Å². The van der Waals surface area contributed by atoms with Crippen LogP contribution in [0.25, 0.3) is 0 Å². The predicted molar refractivity (Wildman–Crippen MR) is 77.9 cm³/mol. The zero-order chi connectivity index (χ0) is 15.3. The van der Waals surface area contributed by atoms with Gasteiger partial charge in [-0.25, -0.2) is 13.6 Å². The number of hydrogen-bond donors (Lipinski definition) is 3. The molecule has 0 bridgehead atoms. The number of amides is 1. The van der Waals surface area contributed by atoms with Crippen LogP contribution in [0.3, 0.4) is 0 Å². The van der Waals surface area contributed by atoms with Crippen molar-refractivity contribution in [2.24, 2.45) is 10.9 Å². The van der Waals surface area contributed by atoms with Gasteiger partial charge in [0.1, 0.15) is 0 Å². The minimum Gasteiger partial charge on any atom is -0.352 e. The van der Waals surface area contributed by atoms with E-state index in [0.717, 1.165) is 12.8 Å². The van der Waals surface area contributed by atoms with Crippen molar-refractivity contribution in [2.45, 2.75) is 31.6 Å². The first-order valence-corrected chi connectivity index (χ1v) is 7.94. The normalized spacial score (nSPS) is 11.4. The van der Waals surface area contributed by atoms with E-state index < -0.39 is 10.0 Å². The second-order valence-corrected chi connectivity index (χ2v) is 6.24. The molecule has 112 valence electrons. The van der Waals surface area contributed by atoms with Gasteiger partial charge in [0.2, 0.25) is 10.0 Å². The molecule has 7 heteroatoms. The summed E-state index contributed by atoms with van der Waals surface area (Å²) in [7, 11) is -3.84. The largest absolute Gasteiger partial charge is 0.352 e. The maximum absolute atomic E-state index is 12.0. The molecule has 0 saturated carbocycles. The van der Waals surface area contributed by atoms with E-state index in [1.165, 1.54) is 6.07 Å². The topological polar surface area (TPSA) is 115 Å². The number of rotatable bonds is 6. The van der Waals surface area contributed by atoms with Crippen LogP contribution in [0, 0.1) is 13.8 Å². The Balaban J connectivity index is 2.97. The summed E-state index contributed by atoms with van der Waals surface area (Å²) in [5, 5.41) is 7.89. The molecule has 0 aliphatic heterocycles. The Morgan fingerprint density at radius 3 is 2.45 bits per heavy atom. The Labute approximate surface area is 119 Å². The number of sulfonamides is 1. The molecular formula is C13H21N3O3S. The summed E-state index contributed by atoms with van der Waals surface area (Å²) in [6.45, 7) is 4.50. The standard InChI is InChI=1S/C13H21N3O3S/c1-9-7-11(13(17)16-6-4-3-5-14)8-12(10(9)2)20(15,18)19/h7-8H,3-6,14H2,1-2H3,(H,16,17)(H2,15,18,19). The van der Waals surface area contributed by atoms with E-state index in [0.29, 0.717) is 29.8 Å². The highest BCUT2D eigenvalue weighted by atomic mass is 32.2. The number of carbonyl (C=O) groups excluding carboxylic acids is 1. The van der Waals surface area contributed by atoms with Gasteiger partial charge in [0.25, 0.3) is 5.91 Å². The monoisotopic (exact) mass is 299 g/mol. The first-order valence-electron chi connectivity index (χ1n) is 6.39. The zero-order valence-corrected chi connectivity index (χ0v) is 12.6. The van der Waals surface area contributed by atoms with Crippen LogP contribution in [-0.2, 0) is 10.0 Å². The molecule has 0 aromatic heterocycles. The Bertz CT molecular complexity index is 597. The predicted octanol–water partition coefficient (Wildman–Crippen LogP) is 0.420. The highest BCUT2D eigenvalue weighted by Crippen LogP contribution is 2.20. The van der Waals surface area contributed by atoms with Crippen LogP contribution in [0.15, 0.2) is 17.0 Å². The van der Waals surface area contributed by atoms with Gasteiger partial charge >= 0.3 is 0 Å². The van der Waals surface area contributed by atoms with Gasteiger partial charge in [-0.05, 0) is 56.5 Å². The van der Waals surface area contributed by atoms with Crippen LogP contribution in [0.1, 0.15) is 34.3 Å². The third kappa shape index (κ3) is 4.29. The smallest absolute Gasteiger partial charge is 0.251 e. The molecule has 0 aliphatic carbocycles. The van der Waals surface area contributed by atoms with Crippen molar-refractivity contribution in [2.75, 3.05) is 13.1 Å². The maximum Gasteiger partial charge on any atom is 0.251 e. The summed E-state index contributed by atoms with van der Waals surface area (Å²) in [5.41, 5.74) is 6.94. The van der Waals surface area contributed by atoms with Crippen LogP contribution in [-0.4, -0.2) is 27.4 Å². The molecular weight excluding hydrogens is 278 g/mol. The highest BCUT2D eigenvalue weighted by Gasteiger charge is 2.17. The molecule has 0 radical (unpaired) electrons. The van der Waals surface area contributed by atoms with Crippen LogP contribution in [0.5, 0.6) is 0 Å². The molecule has 5 N–H and O–H groups in total. The lowest BCUT2D eigenvalue weighted by atomic mass is 10.1. The van der Waals surface area contributed by atoms with E-state index in [1.807, 2.05) is 0 Å². The average Bonchev–Trinajstić information content (AvgIpc) is 2.36. The first kappa shape index (κ1) is 16.6. The van der Waals surface area contributed by atoms with E-state index in [4.69, 9.17) is 10.9 Å². The lowest BCUT2D eigenvalue weighted by molar-refractivity contribution is 0.0952. The summed E-state index contributed by atoms with van der Waals surface area (Å²) in [4.78, 5) is 12.0. The second-order valence-electron chi connectivity index (χ2n) is 4.71. The van der Waals surface area contributed by atoms with Gasteiger partial charge in [-0.15, -0.1) is 0 Å². The molecule has 0 fully saturated rings. The van der Waals surface area contributed by atoms with Gasteiger partial charge in [0.05, 0.1) is 4.90 Å². The second kappa shape index (κ2) is 6.83. The van der Waals surface area contributed by atoms with Gasteiger partial charge in [-0.1, -0.05) is 0 Å². The number of primary sulfonamides is 1. The number of carbonyl (C=O) groups is 1. The molecule has 0 saturated heterocycles. The van der Waals surface area contributed by atoms with E-state index in [2.05, 4.69) is 5.32 Å². The third-order valence-corrected chi connectivity index (χ3v) is 4.14. The molecule has 20 heavy (non-hydrogen) atoms. The third-order valence-electron chi connectivity index (χ3n) is 3.10. The maximum atomic E-state index is 12.0. The van der Waals surface area contributed by atoms with Gasteiger partial charge < -0.3 is 11.1 Å². The summed E-state index contributed by atoms with van der Waals surface area (Å²) < 4.78 is 23.0. The summed E-state index contributed by atoms with van der Waals surface area (Å²) in [6.07, 6.45) is 1.62. The van der Waals surface area contributed by atoms with Crippen molar-refractivity contribution in [3.63, 3.8) is 0 Å². The Morgan fingerprint density at radius 1 is 1.25 bits per heavy atom. The Kier molecular flexibility index (Phi) is 5.67. The summed E-state index contributed by atoms with van der Waals surface area (Å²) >= 11 is 0. The zero-order valence-electron chi connectivity index (χ0n) is 11.8. The quantitative estimate of drug-likeness (QED) is 0.660. The Morgan fingerprint density at radius 2 is 1.90 bits per heavy atom. The molecule has 0 heterocycles. The molecule has 0 aliphatic rings. The number of aryl methyl sites for hydroxylation is 1. The van der Waals surface area contributed by atoms with Crippen molar-refractivity contribution >= 4 is 15.9 Å². The lowest BCUT2D eigenvalue weighted by Gasteiger charge is -2.11. The SMILES string of the molecule is Cc1cc(C(=O)NCCCCN)cc(S(N)(=O)=O)c1C. The molecule has 1 aromatic rings. The molecule has 6 nitrogen and oxygen atoms in total. The van der Waals surface area contributed by atoms with Crippen molar-refractivity contribution < 1.29 is 13.2 Å². The van der Waals surface area contributed by atoms with Crippen LogP contribution in [0.2, 0.25) is 0 Å². The highest BCUT2D eigenvalue weighted by molar-refractivity contribution is 7.89. The number of nitrogens with one attached hydrogen (secondary N) is 1. The van der Waals surface area contributed by atoms with Crippen LogP contribution >= 0.6 is 0 Å². The number of hydrogen-bond acceptors (Lipinski definition) is 4. The van der Waals surface area contributed by atoms with Crippen molar-refractivity contribution in [1.29, 1.82) is 0 Å². The fourth-order valence-corrected chi connectivity index (χ4v) is 2.71. The molecule has 1 aromatic carbocycles. The number of benzene rings is 1. The fraction of sp³-hybridized carbons (Fsp3) is 0.462. The molecule has 0 spiro atoms. The summed E-state index contributed by atoms with van der Waals surface area (Å²) in [5.74, 6) is -0.310. The van der Waals surface area contributed by atoms with Gasteiger partial charge in [0.15, 0.2) is 0 Å². The molecule has 0 atom stereocenters. The first-order chi connectivity index (χ1) is 9.27. The van der Waals surface area contributed by atoms with Gasteiger partial charge in [-0.3, -0.25) is 4.79 Å². The Hall–Kier alpha value is -1.44. The lowest BCUT2D eigenvalue weighted by Crippen LogP contribution is -2.25. The van der Waals surface area contributed by atoms with Gasteiger partial charge in [0, 0.05) is 12.1 Å². The number of nitrogens with two attached hydrogens (primary N) is 2. The van der Waals surface area contributed by atoms with E-state index >= 15 is 0 Å². The average molecular weight is 299 g/mol. The molecule has 0 unspecified atom stereocenters. The van der Waals surface area contributed by atoms with Crippen molar-refractivity contribution in [3.05, 3.63) is 28.8 Å². The number of unbranched alkanes of at least 4 members (excludes halogenated alkanes) is 1. The summed E-state index contributed by atoms with van der Waals surface area (Å²) in [6, 6.07) is 2.97. The van der Waals surface area contributed by atoms with Crippen molar-refractivity contribution in [3.8, 4) is 0 Å². The van der Waals surface area contributed by atoms with Crippen LogP contribution in [0.4, 0.5) is 0 Å². The molecule has 1 amide bonds. The minimum absolute atomic E-state index is 0.00962. The van der Waals surface area contributed by atoms with Crippen molar-refractivity contribution in [1.82, 2.24) is 5.32 Å². The fourth-order valence-electron chi connectivity index (χ4n) is 1.83. The molecule has 1 rings (SSSR count).